The molecule has 5 rings (SSSR count). The third-order valence-corrected chi connectivity index (χ3v) is 7.95. The highest BCUT2D eigenvalue weighted by atomic mass is 16.5. The first-order chi connectivity index (χ1) is 13.7. The Morgan fingerprint density at radius 2 is 1.79 bits per heavy atom. The smallest absolute Gasteiger partial charge is 0.161 e. The Bertz CT molecular complexity index is 698. The number of hydrogen-bond donors (Lipinski definition) is 0. The molecule has 3 fully saturated rings. The van der Waals surface area contributed by atoms with Gasteiger partial charge in [0, 0.05) is 31.7 Å². The van der Waals surface area contributed by atoms with Crippen LogP contribution in [0.3, 0.4) is 0 Å². The molecule has 0 spiro atoms. The Balaban J connectivity index is 1.32. The van der Waals surface area contributed by atoms with Crippen molar-refractivity contribution in [1.29, 1.82) is 0 Å². The summed E-state index contributed by atoms with van der Waals surface area (Å²) in [4.78, 5) is 5.36. The van der Waals surface area contributed by atoms with Crippen LogP contribution in [0, 0.1) is 11.8 Å². The first-order valence-corrected chi connectivity index (χ1v) is 11.5. The number of benzene rings is 1. The second-order valence-corrected chi connectivity index (χ2v) is 9.70. The van der Waals surface area contributed by atoms with Crippen LogP contribution in [0.5, 0.6) is 11.5 Å². The Kier molecular flexibility index (Phi) is 5.27. The molecule has 1 aromatic rings. The quantitative estimate of drug-likeness (QED) is 0.731. The Morgan fingerprint density at radius 3 is 2.46 bits per heavy atom. The van der Waals surface area contributed by atoms with Gasteiger partial charge in [0.25, 0.3) is 0 Å². The molecule has 154 valence electrons. The Morgan fingerprint density at radius 1 is 1.00 bits per heavy atom. The van der Waals surface area contributed by atoms with Crippen molar-refractivity contribution in [2.75, 3.05) is 40.4 Å². The normalized spacial score (nSPS) is 28.8. The van der Waals surface area contributed by atoms with Gasteiger partial charge in [-0.2, -0.15) is 0 Å². The molecular weight excluding hydrogens is 348 g/mol. The third-order valence-electron chi connectivity index (χ3n) is 7.95. The first-order valence-electron chi connectivity index (χ1n) is 11.5. The van der Waals surface area contributed by atoms with Crippen molar-refractivity contribution in [2.45, 2.75) is 63.5 Å². The summed E-state index contributed by atoms with van der Waals surface area (Å²) in [7, 11) is 4.11. The largest absolute Gasteiger partial charge is 0.493 e. The van der Waals surface area contributed by atoms with Crippen molar-refractivity contribution in [2.24, 2.45) is 11.8 Å². The summed E-state index contributed by atoms with van der Waals surface area (Å²) in [5.74, 6) is 3.60. The number of fused-ring (bicyclic) bond motifs is 3. The Labute approximate surface area is 170 Å². The van der Waals surface area contributed by atoms with E-state index in [-0.39, 0.29) is 0 Å². The molecule has 4 nitrogen and oxygen atoms in total. The van der Waals surface area contributed by atoms with Crippen LogP contribution in [0.1, 0.15) is 62.1 Å². The standard InChI is InChI=1S/C24H36N2O2/c1-25-15-22-21-13-23(27-2)24(28-16-18-7-4-8-18)12-19(21)9-10-26(22)14-20(25)11-17-5-3-6-17/h12-13,17-18,20,22H,3-11,14-16H2,1-2H3/t20-,22?/m1/s1. The van der Waals surface area contributed by atoms with Crippen LogP contribution in [-0.4, -0.2) is 56.2 Å². The molecule has 0 aromatic heterocycles. The summed E-state index contributed by atoms with van der Waals surface area (Å²) in [6, 6.07) is 5.79. The van der Waals surface area contributed by atoms with E-state index in [1.807, 2.05) is 0 Å². The van der Waals surface area contributed by atoms with E-state index in [4.69, 9.17) is 9.47 Å². The van der Waals surface area contributed by atoms with Crippen molar-refractivity contribution in [3.63, 3.8) is 0 Å². The minimum absolute atomic E-state index is 0.501. The fourth-order valence-corrected chi connectivity index (χ4v) is 5.53. The predicted octanol–water partition coefficient (Wildman–Crippen LogP) is 4.28. The van der Waals surface area contributed by atoms with Gasteiger partial charge in [-0.1, -0.05) is 25.7 Å². The molecule has 4 heteroatoms. The van der Waals surface area contributed by atoms with Crippen LogP contribution < -0.4 is 9.47 Å². The molecule has 0 amide bonds. The number of nitrogens with zero attached hydrogens (tertiary/aromatic N) is 2. The van der Waals surface area contributed by atoms with Crippen molar-refractivity contribution < 1.29 is 9.47 Å². The molecular formula is C24H36N2O2. The highest BCUT2D eigenvalue weighted by Crippen LogP contribution is 2.42. The molecule has 1 aromatic carbocycles. The highest BCUT2D eigenvalue weighted by molar-refractivity contribution is 5.49. The lowest BCUT2D eigenvalue weighted by atomic mass is 9.79. The summed E-state index contributed by atoms with van der Waals surface area (Å²) in [6.45, 7) is 4.38. The van der Waals surface area contributed by atoms with Crippen LogP contribution in [0.25, 0.3) is 0 Å². The van der Waals surface area contributed by atoms with E-state index in [1.54, 1.807) is 7.11 Å². The summed E-state index contributed by atoms with van der Waals surface area (Å²) in [6.07, 6.45) is 10.9. The van der Waals surface area contributed by atoms with Crippen molar-refractivity contribution in [1.82, 2.24) is 9.80 Å². The van der Waals surface area contributed by atoms with Gasteiger partial charge >= 0.3 is 0 Å². The van der Waals surface area contributed by atoms with Crippen molar-refractivity contribution in [3.05, 3.63) is 23.3 Å². The number of rotatable bonds is 6. The summed E-state index contributed by atoms with van der Waals surface area (Å²) in [5, 5.41) is 0. The summed E-state index contributed by atoms with van der Waals surface area (Å²) in [5.41, 5.74) is 2.93. The lowest BCUT2D eigenvalue weighted by Crippen LogP contribution is -2.55. The van der Waals surface area contributed by atoms with Crippen LogP contribution in [0.15, 0.2) is 12.1 Å². The average molecular weight is 385 g/mol. The van der Waals surface area contributed by atoms with E-state index >= 15 is 0 Å². The van der Waals surface area contributed by atoms with Gasteiger partial charge in [0.15, 0.2) is 11.5 Å². The number of piperazine rings is 1. The van der Waals surface area contributed by atoms with Gasteiger partial charge in [0.1, 0.15) is 0 Å². The number of methoxy groups -OCH3 is 1. The van der Waals surface area contributed by atoms with Crippen molar-refractivity contribution in [3.8, 4) is 11.5 Å². The van der Waals surface area contributed by atoms with E-state index < -0.39 is 0 Å². The Hall–Kier alpha value is -1.26. The molecule has 1 saturated heterocycles. The average Bonchev–Trinajstić information content (AvgIpc) is 2.63. The topological polar surface area (TPSA) is 24.9 Å². The molecule has 2 heterocycles. The van der Waals surface area contributed by atoms with E-state index in [0.717, 1.165) is 48.9 Å². The lowest BCUT2D eigenvalue weighted by molar-refractivity contribution is 0.0217. The van der Waals surface area contributed by atoms with E-state index in [9.17, 15) is 0 Å². The minimum Gasteiger partial charge on any atom is -0.493 e. The molecule has 1 unspecified atom stereocenters. The van der Waals surface area contributed by atoms with Gasteiger partial charge in [0.2, 0.25) is 0 Å². The molecule has 4 aliphatic rings. The zero-order chi connectivity index (χ0) is 19.1. The monoisotopic (exact) mass is 384 g/mol. The fourth-order valence-electron chi connectivity index (χ4n) is 5.53. The maximum Gasteiger partial charge on any atom is 0.161 e. The predicted molar refractivity (Wildman–Crippen MR) is 112 cm³/mol. The zero-order valence-corrected chi connectivity index (χ0v) is 17.7. The SMILES string of the molecule is COc1cc2c(cc1OCC1CCC1)CCN1C[C@@H](CC3CCC3)N(C)CC21. The number of likely N-dealkylation sites (N-methyl/N-ethyl adjacent to an activating group) is 1. The van der Waals surface area contributed by atoms with Gasteiger partial charge in [-0.05, 0) is 67.8 Å². The highest BCUT2D eigenvalue weighted by Gasteiger charge is 2.38. The molecule has 0 N–H and O–H groups in total. The van der Waals surface area contributed by atoms with Crippen LogP contribution in [0.2, 0.25) is 0 Å². The molecule has 2 aliphatic heterocycles. The van der Waals surface area contributed by atoms with Crippen LogP contribution in [0.4, 0.5) is 0 Å². The molecule has 0 bridgehead atoms. The second kappa shape index (κ2) is 7.87. The van der Waals surface area contributed by atoms with Crippen molar-refractivity contribution >= 4 is 0 Å². The van der Waals surface area contributed by atoms with Crippen LogP contribution >= 0.6 is 0 Å². The maximum absolute atomic E-state index is 6.19. The van der Waals surface area contributed by atoms with Gasteiger partial charge in [-0.3, -0.25) is 4.90 Å². The number of hydrogen-bond acceptors (Lipinski definition) is 4. The number of ether oxygens (including phenoxy) is 2. The fraction of sp³-hybridized carbons (Fsp3) is 0.750. The van der Waals surface area contributed by atoms with Crippen LogP contribution in [-0.2, 0) is 6.42 Å². The first kappa shape index (κ1) is 18.7. The second-order valence-electron chi connectivity index (χ2n) is 9.70. The van der Waals surface area contributed by atoms with E-state index in [0.29, 0.717) is 6.04 Å². The summed E-state index contributed by atoms with van der Waals surface area (Å²) < 4.78 is 11.9. The lowest BCUT2D eigenvalue weighted by Gasteiger charge is -2.49. The molecule has 28 heavy (non-hydrogen) atoms. The van der Waals surface area contributed by atoms with Gasteiger partial charge < -0.3 is 14.4 Å². The molecule has 2 saturated carbocycles. The van der Waals surface area contributed by atoms with Gasteiger partial charge in [-0.25, -0.2) is 0 Å². The zero-order valence-electron chi connectivity index (χ0n) is 17.7. The maximum atomic E-state index is 6.19. The van der Waals surface area contributed by atoms with Gasteiger partial charge in [-0.15, -0.1) is 0 Å². The van der Waals surface area contributed by atoms with E-state index in [2.05, 4.69) is 29.0 Å². The molecule has 0 radical (unpaired) electrons. The molecule has 2 aliphatic carbocycles. The summed E-state index contributed by atoms with van der Waals surface area (Å²) >= 11 is 0. The van der Waals surface area contributed by atoms with E-state index in [1.165, 1.54) is 69.2 Å². The molecule has 2 atom stereocenters. The minimum atomic E-state index is 0.501. The third kappa shape index (κ3) is 3.54. The van der Waals surface area contributed by atoms with Gasteiger partial charge in [0.05, 0.1) is 13.7 Å².